The van der Waals surface area contributed by atoms with E-state index in [0.29, 0.717) is 33.6 Å². The number of ether oxygens (including phenoxy) is 1. The molecule has 0 saturated heterocycles. The number of hydrogen-bond acceptors (Lipinski definition) is 6. The van der Waals surface area contributed by atoms with Crippen LogP contribution >= 0.6 is 0 Å². The molecule has 0 fully saturated rings. The van der Waals surface area contributed by atoms with Crippen molar-refractivity contribution < 1.29 is 19.1 Å². The molecule has 8 heteroatoms. The van der Waals surface area contributed by atoms with Gasteiger partial charge in [-0.25, -0.2) is 9.48 Å². The van der Waals surface area contributed by atoms with Gasteiger partial charge in [-0.1, -0.05) is 60.7 Å². The van der Waals surface area contributed by atoms with E-state index >= 15 is 0 Å². The van der Waals surface area contributed by atoms with Gasteiger partial charge in [0.25, 0.3) is 5.56 Å². The van der Waals surface area contributed by atoms with Gasteiger partial charge in [0.2, 0.25) is 5.91 Å². The van der Waals surface area contributed by atoms with Crippen LogP contribution in [0.1, 0.15) is 27.6 Å². The second-order valence-corrected chi connectivity index (χ2v) is 7.97. The molecule has 1 heterocycles. The fraction of sp³-hybridized carbons (Fsp3) is 0.107. The van der Waals surface area contributed by atoms with Crippen molar-refractivity contribution in [3.05, 3.63) is 106 Å². The number of Topliss-reactive ketones (excluding diaryl/α,β-unsaturated/α-hetero) is 1. The van der Waals surface area contributed by atoms with Gasteiger partial charge in [0.05, 0.1) is 12.8 Å². The van der Waals surface area contributed by atoms with E-state index in [1.165, 1.54) is 14.0 Å². The normalized spacial score (nSPS) is 10.5. The highest BCUT2D eigenvalue weighted by Crippen LogP contribution is 2.32. The number of esters is 1. The zero-order valence-corrected chi connectivity index (χ0v) is 19.7. The summed E-state index contributed by atoms with van der Waals surface area (Å²) in [7, 11) is 1.20. The lowest BCUT2D eigenvalue weighted by molar-refractivity contribution is -0.114. The number of amides is 1. The summed E-state index contributed by atoms with van der Waals surface area (Å²) in [6, 6.07) is 24.4. The molecule has 0 saturated carbocycles. The largest absolute Gasteiger partial charge is 0.465 e. The van der Waals surface area contributed by atoms with E-state index in [-0.39, 0.29) is 17.3 Å². The highest BCUT2D eigenvalue weighted by molar-refractivity contribution is 6.01. The smallest absolute Gasteiger partial charge is 0.344 e. The maximum atomic E-state index is 13.5. The Morgan fingerprint density at radius 2 is 1.44 bits per heavy atom. The van der Waals surface area contributed by atoms with Crippen molar-refractivity contribution >= 4 is 23.3 Å². The Morgan fingerprint density at radius 1 is 0.861 bits per heavy atom. The molecular formula is C28H23N3O5. The van der Waals surface area contributed by atoms with E-state index in [4.69, 9.17) is 4.74 Å². The third-order valence-corrected chi connectivity index (χ3v) is 5.48. The number of rotatable bonds is 7. The van der Waals surface area contributed by atoms with E-state index in [1.54, 1.807) is 48.5 Å². The van der Waals surface area contributed by atoms with Gasteiger partial charge in [-0.2, -0.15) is 5.10 Å². The first kappa shape index (κ1) is 24.3. The predicted octanol–water partition coefficient (Wildman–Crippen LogP) is 4.21. The van der Waals surface area contributed by atoms with Crippen molar-refractivity contribution in [3.63, 3.8) is 0 Å². The van der Waals surface area contributed by atoms with Crippen molar-refractivity contribution in [2.75, 3.05) is 12.4 Å². The molecule has 0 bridgehead atoms. The number of ketones is 1. The van der Waals surface area contributed by atoms with Crippen LogP contribution in [0.3, 0.4) is 0 Å². The number of nitrogens with one attached hydrogen (secondary N) is 1. The molecule has 0 aliphatic heterocycles. The summed E-state index contributed by atoms with van der Waals surface area (Å²) in [5.41, 5.74) is 1.93. The van der Waals surface area contributed by atoms with Crippen molar-refractivity contribution in [3.8, 4) is 22.4 Å². The molecular weight excluding hydrogens is 458 g/mol. The number of methoxy groups -OCH3 is 1. The van der Waals surface area contributed by atoms with Gasteiger partial charge in [0.1, 0.15) is 12.1 Å². The van der Waals surface area contributed by atoms with Gasteiger partial charge in [-0.3, -0.25) is 14.4 Å². The molecule has 180 valence electrons. The maximum absolute atomic E-state index is 13.5. The second-order valence-electron chi connectivity index (χ2n) is 7.97. The molecule has 8 nitrogen and oxygen atoms in total. The molecule has 4 aromatic rings. The second kappa shape index (κ2) is 10.6. The summed E-state index contributed by atoms with van der Waals surface area (Å²) in [6.45, 7) is 0.997. The molecule has 1 amide bonds. The molecule has 1 aromatic heterocycles. The van der Waals surface area contributed by atoms with Gasteiger partial charge in [-0.15, -0.1) is 0 Å². The van der Waals surface area contributed by atoms with Gasteiger partial charge in [-0.05, 0) is 29.8 Å². The Hall–Kier alpha value is -4.85. The average molecular weight is 482 g/mol. The van der Waals surface area contributed by atoms with Crippen LogP contribution in [0.5, 0.6) is 0 Å². The first-order chi connectivity index (χ1) is 17.4. The van der Waals surface area contributed by atoms with Crippen LogP contribution in [-0.2, 0) is 16.1 Å². The molecule has 0 aliphatic carbocycles. The van der Waals surface area contributed by atoms with E-state index in [2.05, 4.69) is 10.4 Å². The zero-order chi connectivity index (χ0) is 25.7. The van der Waals surface area contributed by atoms with E-state index in [0.717, 1.165) is 4.68 Å². The first-order valence-corrected chi connectivity index (χ1v) is 11.1. The van der Waals surface area contributed by atoms with Gasteiger partial charge >= 0.3 is 5.97 Å². The molecule has 1 N–H and O–H groups in total. The number of benzene rings is 3. The van der Waals surface area contributed by atoms with Gasteiger partial charge in [0, 0.05) is 29.3 Å². The third kappa shape index (κ3) is 5.12. The molecule has 3 aromatic carbocycles. The number of carbonyl (C=O) groups is 3. The van der Waals surface area contributed by atoms with Crippen LogP contribution in [0.25, 0.3) is 22.4 Å². The fourth-order valence-electron chi connectivity index (χ4n) is 3.82. The summed E-state index contributed by atoms with van der Waals surface area (Å²) < 4.78 is 5.95. The lowest BCUT2D eigenvalue weighted by Crippen LogP contribution is -2.33. The molecule has 0 aliphatic rings. The van der Waals surface area contributed by atoms with Crippen molar-refractivity contribution in [2.24, 2.45) is 0 Å². The quantitative estimate of drug-likeness (QED) is 0.313. The Labute approximate surface area is 207 Å². The Kier molecular flexibility index (Phi) is 7.15. The average Bonchev–Trinajstić information content (AvgIpc) is 2.90. The summed E-state index contributed by atoms with van der Waals surface area (Å²) >= 11 is 0. The minimum Gasteiger partial charge on any atom is -0.465 e. The van der Waals surface area contributed by atoms with E-state index < -0.39 is 18.1 Å². The highest BCUT2D eigenvalue weighted by Gasteiger charge is 2.26. The molecule has 0 spiro atoms. The van der Waals surface area contributed by atoms with Crippen LogP contribution in [-0.4, -0.2) is 34.6 Å². The highest BCUT2D eigenvalue weighted by atomic mass is 16.5. The number of nitrogens with zero attached hydrogens (tertiary/aromatic N) is 2. The topological polar surface area (TPSA) is 107 Å². The lowest BCUT2D eigenvalue weighted by atomic mass is 9.95. The minimum atomic E-state index is -0.820. The standard InChI is InChI=1S/C28H23N3O5/c1-18(32)29-22-15-13-19(14-16-22)23(33)17-31-27(34)25(28(35)36-2)24(20-9-5-3-6-10-20)26(30-31)21-11-7-4-8-12-21/h3-16H,17H2,1-2H3,(H,29,32). The third-order valence-electron chi connectivity index (χ3n) is 5.48. The van der Waals surface area contributed by atoms with E-state index in [1.807, 2.05) is 36.4 Å². The van der Waals surface area contributed by atoms with Crippen LogP contribution in [0.2, 0.25) is 0 Å². The van der Waals surface area contributed by atoms with Crippen molar-refractivity contribution in [1.29, 1.82) is 0 Å². The summed E-state index contributed by atoms with van der Waals surface area (Å²) in [4.78, 5) is 50.6. The monoisotopic (exact) mass is 481 g/mol. The Bertz CT molecular complexity index is 1480. The van der Waals surface area contributed by atoms with Gasteiger partial charge in [0.15, 0.2) is 5.78 Å². The molecule has 0 atom stereocenters. The van der Waals surface area contributed by atoms with Crippen LogP contribution in [0, 0.1) is 0 Å². The summed E-state index contributed by atoms with van der Waals surface area (Å²) in [6.07, 6.45) is 0. The van der Waals surface area contributed by atoms with Crippen LogP contribution < -0.4 is 10.9 Å². The Balaban J connectivity index is 1.86. The molecule has 0 unspecified atom stereocenters. The fourth-order valence-corrected chi connectivity index (χ4v) is 3.82. The van der Waals surface area contributed by atoms with Crippen molar-refractivity contribution in [1.82, 2.24) is 9.78 Å². The molecule has 0 radical (unpaired) electrons. The van der Waals surface area contributed by atoms with Crippen LogP contribution in [0.15, 0.2) is 89.7 Å². The maximum Gasteiger partial charge on any atom is 0.344 e. The number of anilines is 1. The number of aromatic nitrogens is 2. The lowest BCUT2D eigenvalue weighted by Gasteiger charge is -2.16. The predicted molar refractivity (Wildman–Crippen MR) is 136 cm³/mol. The van der Waals surface area contributed by atoms with Crippen LogP contribution in [0.4, 0.5) is 5.69 Å². The molecule has 36 heavy (non-hydrogen) atoms. The van der Waals surface area contributed by atoms with Crippen molar-refractivity contribution in [2.45, 2.75) is 13.5 Å². The summed E-state index contributed by atoms with van der Waals surface area (Å²) in [5, 5.41) is 7.17. The number of carbonyl (C=O) groups excluding carboxylic acids is 3. The molecule has 4 rings (SSSR count). The minimum absolute atomic E-state index is 0.202. The van der Waals surface area contributed by atoms with E-state index in [9.17, 15) is 19.2 Å². The SMILES string of the molecule is COC(=O)c1c(-c2ccccc2)c(-c2ccccc2)nn(CC(=O)c2ccc(NC(C)=O)cc2)c1=O. The van der Waals surface area contributed by atoms with Gasteiger partial charge < -0.3 is 10.1 Å². The zero-order valence-electron chi connectivity index (χ0n) is 19.7. The first-order valence-electron chi connectivity index (χ1n) is 11.1. The Morgan fingerprint density at radius 3 is 2.00 bits per heavy atom. The number of hydrogen-bond donors (Lipinski definition) is 1. The summed E-state index contributed by atoms with van der Waals surface area (Å²) in [5.74, 6) is -1.44.